The van der Waals surface area contributed by atoms with Gasteiger partial charge in [0, 0.05) is 33.3 Å². The molecule has 0 fully saturated rings. The van der Waals surface area contributed by atoms with Crippen LogP contribution < -0.4 is 5.73 Å². The number of benzene rings is 1. The number of allylic oxidation sites excluding steroid dienone is 1. The summed E-state index contributed by atoms with van der Waals surface area (Å²) in [5, 5.41) is 10.5. The van der Waals surface area contributed by atoms with Gasteiger partial charge in [-0.15, -0.1) is 11.4 Å². The maximum absolute atomic E-state index is 11.9. The van der Waals surface area contributed by atoms with Crippen LogP contribution in [0.1, 0.15) is 30.3 Å². The summed E-state index contributed by atoms with van der Waals surface area (Å²) >= 11 is 3.70. The highest BCUT2D eigenvalue weighted by atomic mass is 79.9. The molecule has 184 valence electrons. The third-order valence-corrected chi connectivity index (χ3v) is 6.72. The Kier molecular flexibility index (Phi) is 10.8. The first-order chi connectivity index (χ1) is 16.0. The number of aromatic nitrogens is 2. The summed E-state index contributed by atoms with van der Waals surface area (Å²) < 4.78 is 16.6. The summed E-state index contributed by atoms with van der Waals surface area (Å²) in [6, 6.07) is 7.46. The van der Waals surface area contributed by atoms with Crippen LogP contribution in [0.25, 0.3) is 6.08 Å². The third kappa shape index (κ3) is 9.59. The second-order valence-corrected chi connectivity index (χ2v) is 10.4. The molecule has 1 aromatic carbocycles. The number of carbonyl (C=O) groups excluding carboxylic acids is 1. The van der Waals surface area contributed by atoms with Gasteiger partial charge in [-0.25, -0.2) is 14.5 Å². The predicted octanol–water partition coefficient (Wildman–Crippen LogP) is 3.69. The van der Waals surface area contributed by atoms with E-state index in [1.807, 2.05) is 24.3 Å². The number of hydrogen-bond acceptors (Lipinski definition) is 6. The van der Waals surface area contributed by atoms with Crippen LogP contribution >= 0.6 is 35.1 Å². The van der Waals surface area contributed by atoms with Gasteiger partial charge in [-0.3, -0.25) is 9.32 Å². The fourth-order valence-corrected chi connectivity index (χ4v) is 4.23. The number of phosphoric acid groups is 1. The van der Waals surface area contributed by atoms with Crippen LogP contribution in [0, 0.1) is 6.92 Å². The summed E-state index contributed by atoms with van der Waals surface area (Å²) in [5.41, 5.74) is 7.80. The van der Waals surface area contributed by atoms with Gasteiger partial charge in [0.1, 0.15) is 11.6 Å². The molecule has 0 aliphatic heterocycles. The Morgan fingerprint density at radius 1 is 1.32 bits per heavy atom. The van der Waals surface area contributed by atoms with Crippen LogP contribution in [0.15, 0.2) is 51.6 Å². The SMILES string of the molecule is C/C(=C(CCOP(=O)(O)O)/[SH]=C(O)\C=C\c1ccc(Br)cc1)N(C=O)Cc1cnc(C)nc1N. The topological polar surface area (TPSA) is 159 Å². The zero-order chi connectivity index (χ0) is 25.3. The Hall–Kier alpha value is -2.18. The van der Waals surface area contributed by atoms with Gasteiger partial charge < -0.3 is 25.5 Å². The van der Waals surface area contributed by atoms with E-state index in [0.717, 1.165) is 10.0 Å². The summed E-state index contributed by atoms with van der Waals surface area (Å²) in [7, 11) is -4.67. The molecule has 1 heterocycles. The molecule has 5 N–H and O–H groups in total. The second-order valence-electron chi connectivity index (χ2n) is 7.02. The van der Waals surface area contributed by atoms with E-state index in [0.29, 0.717) is 39.8 Å². The molecule has 0 spiro atoms. The van der Waals surface area contributed by atoms with Crippen LogP contribution in [-0.2, 0) is 20.4 Å². The number of rotatable bonds is 11. The fourth-order valence-electron chi connectivity index (χ4n) is 2.72. The number of thiol groups is 1. The van der Waals surface area contributed by atoms with Crippen LogP contribution in [0.3, 0.4) is 0 Å². The minimum Gasteiger partial charge on any atom is -0.383 e. The van der Waals surface area contributed by atoms with E-state index in [2.05, 4.69) is 30.4 Å². The molecule has 0 atom stereocenters. The van der Waals surface area contributed by atoms with Crippen molar-refractivity contribution in [1.82, 2.24) is 14.9 Å². The average molecular weight is 573 g/mol. The summed E-state index contributed by atoms with van der Waals surface area (Å²) in [6.07, 6.45) is 5.41. The molecule has 0 bridgehead atoms. The normalized spacial score (nSPS) is 13.4. The standard InChI is InChI=1S/C21H26BrN4O6PS/c1-14(26(13-27)12-17-11-24-15(2)25-21(17)23)19(9-10-32-33(29,30)31)34-20(28)8-5-16-3-6-18(22)7-4-16/h3-8,11,13,28,34H,9-10,12H2,1-2H3,(H2,23,24,25)(H2,29,30,31)/b8-5+,19-14-. The Morgan fingerprint density at radius 2 is 2.00 bits per heavy atom. The smallest absolute Gasteiger partial charge is 0.383 e. The lowest BCUT2D eigenvalue weighted by Gasteiger charge is -2.21. The highest BCUT2D eigenvalue weighted by Crippen LogP contribution is 2.36. The van der Waals surface area contributed by atoms with E-state index in [1.54, 1.807) is 19.9 Å². The summed E-state index contributed by atoms with van der Waals surface area (Å²) in [5.74, 6) is 0.736. The number of nitrogens with two attached hydrogens (primary N) is 1. The number of amides is 1. The minimum atomic E-state index is -4.67. The first-order valence-electron chi connectivity index (χ1n) is 9.89. The molecule has 13 heteroatoms. The van der Waals surface area contributed by atoms with E-state index in [-0.39, 0.29) is 30.4 Å². The number of carbonyl (C=O) groups is 1. The van der Waals surface area contributed by atoms with Crippen molar-refractivity contribution in [2.24, 2.45) is 0 Å². The lowest BCUT2D eigenvalue weighted by molar-refractivity contribution is -0.116. The number of aryl methyl sites for hydroxylation is 1. The molecule has 10 nitrogen and oxygen atoms in total. The Morgan fingerprint density at radius 3 is 2.59 bits per heavy atom. The fraction of sp³-hybridized carbons (Fsp3) is 0.238. The van der Waals surface area contributed by atoms with Crippen LogP contribution in [0.2, 0.25) is 0 Å². The van der Waals surface area contributed by atoms with Gasteiger partial charge in [-0.2, -0.15) is 0 Å². The molecule has 0 saturated heterocycles. The Bertz CT molecular complexity index is 1150. The van der Waals surface area contributed by atoms with Crippen LogP contribution in [0.5, 0.6) is 0 Å². The summed E-state index contributed by atoms with van der Waals surface area (Å²) in [4.78, 5) is 39.9. The molecule has 34 heavy (non-hydrogen) atoms. The molecule has 0 saturated carbocycles. The zero-order valence-electron chi connectivity index (χ0n) is 18.5. The molecular formula is C21H26BrN4O6PS. The van der Waals surface area contributed by atoms with E-state index in [9.17, 15) is 14.5 Å². The molecule has 1 aromatic heterocycles. The van der Waals surface area contributed by atoms with Crippen molar-refractivity contribution in [2.45, 2.75) is 26.8 Å². The minimum absolute atomic E-state index is 0.0301. The van der Waals surface area contributed by atoms with E-state index in [1.165, 1.54) is 17.2 Å². The largest absolute Gasteiger partial charge is 0.469 e. The van der Waals surface area contributed by atoms with Gasteiger partial charge in [-0.05, 0) is 37.6 Å². The number of aliphatic hydroxyl groups is 1. The number of hydrogen-bond donors (Lipinski definition) is 5. The molecule has 1 amide bonds. The maximum atomic E-state index is 11.9. The first-order valence-corrected chi connectivity index (χ1v) is 13.1. The Balaban J connectivity index is 2.34. The van der Waals surface area contributed by atoms with Crippen molar-refractivity contribution in [2.75, 3.05) is 12.3 Å². The summed E-state index contributed by atoms with van der Waals surface area (Å²) in [6.45, 7) is 3.12. The van der Waals surface area contributed by atoms with Gasteiger partial charge in [-0.1, -0.05) is 34.1 Å². The molecule has 0 aliphatic rings. The third-order valence-electron chi connectivity index (χ3n) is 4.48. The van der Waals surface area contributed by atoms with Gasteiger partial charge >= 0.3 is 7.82 Å². The van der Waals surface area contributed by atoms with E-state index in [4.69, 9.17) is 15.5 Å². The number of phosphoric ester groups is 1. The Labute approximate surface area is 209 Å². The maximum Gasteiger partial charge on any atom is 0.469 e. The van der Waals surface area contributed by atoms with Crippen molar-refractivity contribution >= 4 is 58.5 Å². The number of anilines is 1. The number of nitrogen functional groups attached to an aromatic ring is 1. The lowest BCUT2D eigenvalue weighted by Crippen LogP contribution is -2.22. The second kappa shape index (κ2) is 13.1. The quantitative estimate of drug-likeness (QED) is 0.0889. The molecule has 2 rings (SSSR count). The van der Waals surface area contributed by atoms with Gasteiger partial charge in [0.15, 0.2) is 0 Å². The highest BCUT2D eigenvalue weighted by Gasteiger charge is 2.16. The predicted molar refractivity (Wildman–Crippen MR) is 138 cm³/mol. The van der Waals surface area contributed by atoms with E-state index < -0.39 is 7.82 Å². The number of halogens is 1. The van der Waals surface area contributed by atoms with E-state index >= 15 is 0 Å². The van der Waals surface area contributed by atoms with Crippen LogP contribution in [0.4, 0.5) is 5.82 Å². The van der Waals surface area contributed by atoms with Gasteiger partial charge in [0.25, 0.3) is 0 Å². The van der Waals surface area contributed by atoms with Crippen molar-refractivity contribution in [1.29, 1.82) is 0 Å². The zero-order valence-corrected chi connectivity index (χ0v) is 21.9. The van der Waals surface area contributed by atoms with Crippen molar-refractivity contribution < 1.29 is 28.8 Å². The van der Waals surface area contributed by atoms with Crippen molar-refractivity contribution in [3.8, 4) is 0 Å². The monoisotopic (exact) mass is 572 g/mol. The molecule has 0 aliphatic carbocycles. The lowest BCUT2D eigenvalue weighted by atomic mass is 10.2. The van der Waals surface area contributed by atoms with Crippen molar-refractivity contribution in [3.05, 3.63) is 68.6 Å². The van der Waals surface area contributed by atoms with Gasteiger partial charge in [0.05, 0.1) is 18.2 Å². The molecule has 0 radical (unpaired) electrons. The first kappa shape index (κ1) is 28.1. The molecule has 2 aromatic rings. The van der Waals surface area contributed by atoms with Gasteiger partial charge in [0.2, 0.25) is 6.41 Å². The highest BCUT2D eigenvalue weighted by molar-refractivity contribution is 9.10. The number of aliphatic hydroxyl groups excluding tert-OH is 1. The van der Waals surface area contributed by atoms with Crippen LogP contribution in [-0.4, -0.2) is 47.8 Å². The molecule has 0 unspecified atom stereocenters. The average Bonchev–Trinajstić information content (AvgIpc) is 2.76. The molecular weight excluding hydrogens is 547 g/mol. The van der Waals surface area contributed by atoms with Crippen molar-refractivity contribution in [3.63, 3.8) is 0 Å². The number of nitrogens with zero attached hydrogens (tertiary/aromatic N) is 3.